The first-order valence-electron chi connectivity index (χ1n) is 6.47. The number of hydrogen-bond donors (Lipinski definition) is 1. The molecule has 2 rings (SSSR count). The summed E-state index contributed by atoms with van der Waals surface area (Å²) in [6.45, 7) is 6.22. The molecular weight excluding hydrogens is 262 g/mol. The van der Waals surface area contributed by atoms with Gasteiger partial charge in [-0.2, -0.15) is 0 Å². The van der Waals surface area contributed by atoms with Crippen LogP contribution in [0.5, 0.6) is 0 Å². The number of sulfonamides is 1. The molecule has 0 radical (unpaired) electrons. The Labute approximate surface area is 113 Å². The minimum Gasteiger partial charge on any atom is -0.302 e. The highest BCUT2D eigenvalue weighted by molar-refractivity contribution is 7.89. The predicted octanol–water partition coefficient (Wildman–Crippen LogP) is 1.89. The van der Waals surface area contributed by atoms with Crippen LogP contribution in [-0.4, -0.2) is 24.3 Å². The highest BCUT2D eigenvalue weighted by atomic mass is 32.2. The Kier molecular flexibility index (Phi) is 3.91. The maximum Gasteiger partial charge on any atom is 0.260 e. The molecule has 0 saturated carbocycles. The van der Waals surface area contributed by atoms with E-state index < -0.39 is 10.0 Å². The minimum absolute atomic E-state index is 0.135. The van der Waals surface area contributed by atoms with E-state index >= 15 is 0 Å². The number of rotatable bonds is 5. The van der Waals surface area contributed by atoms with Gasteiger partial charge in [-0.1, -0.05) is 19.9 Å². The Morgan fingerprint density at radius 1 is 1.37 bits per heavy atom. The molecule has 0 aliphatic rings. The third-order valence-electron chi connectivity index (χ3n) is 3.02. The van der Waals surface area contributed by atoms with E-state index in [1.165, 1.54) is 0 Å². The second-order valence-corrected chi connectivity index (χ2v) is 6.18. The lowest BCUT2D eigenvalue weighted by atomic mass is 10.2. The molecule has 0 aliphatic heterocycles. The van der Waals surface area contributed by atoms with Crippen LogP contribution in [0.2, 0.25) is 0 Å². The van der Waals surface area contributed by atoms with Crippen LogP contribution in [0.4, 0.5) is 0 Å². The molecule has 2 heterocycles. The van der Waals surface area contributed by atoms with E-state index in [4.69, 9.17) is 0 Å². The van der Waals surface area contributed by atoms with Gasteiger partial charge < -0.3 is 4.40 Å². The van der Waals surface area contributed by atoms with E-state index in [9.17, 15) is 8.42 Å². The van der Waals surface area contributed by atoms with Crippen molar-refractivity contribution in [3.8, 4) is 0 Å². The summed E-state index contributed by atoms with van der Waals surface area (Å²) in [6, 6.07) is 3.80. The second-order valence-electron chi connectivity index (χ2n) is 4.49. The van der Waals surface area contributed by atoms with E-state index in [1.54, 1.807) is 0 Å². The summed E-state index contributed by atoms with van der Waals surface area (Å²) >= 11 is 0. The molecule has 0 amide bonds. The van der Waals surface area contributed by atoms with Gasteiger partial charge in [0.1, 0.15) is 5.82 Å². The first-order chi connectivity index (χ1) is 9.01. The zero-order valence-corrected chi connectivity index (χ0v) is 12.3. The third kappa shape index (κ3) is 2.50. The van der Waals surface area contributed by atoms with Gasteiger partial charge in [0.2, 0.25) is 0 Å². The van der Waals surface area contributed by atoms with Gasteiger partial charge in [-0.3, -0.25) is 0 Å². The first kappa shape index (κ1) is 14.0. The predicted molar refractivity (Wildman–Crippen MR) is 74.8 cm³/mol. The molecule has 2 aromatic rings. The monoisotopic (exact) mass is 281 g/mol. The third-order valence-corrected chi connectivity index (χ3v) is 4.40. The molecule has 0 unspecified atom stereocenters. The van der Waals surface area contributed by atoms with Gasteiger partial charge in [0.05, 0.1) is 5.52 Å². The normalized spacial score (nSPS) is 12.2. The van der Waals surface area contributed by atoms with Gasteiger partial charge in [0.25, 0.3) is 10.0 Å². The van der Waals surface area contributed by atoms with Crippen LogP contribution in [0.25, 0.3) is 5.52 Å². The minimum atomic E-state index is -3.54. The van der Waals surface area contributed by atoms with Gasteiger partial charge in [-0.25, -0.2) is 18.1 Å². The lowest BCUT2D eigenvalue weighted by Gasteiger charge is -2.04. The molecule has 0 atom stereocenters. The molecular formula is C13H19N3O2S. The molecule has 5 nitrogen and oxygen atoms in total. The number of hydrogen-bond acceptors (Lipinski definition) is 3. The largest absolute Gasteiger partial charge is 0.302 e. The molecule has 0 fully saturated rings. The smallest absolute Gasteiger partial charge is 0.260 e. The molecule has 6 heteroatoms. The van der Waals surface area contributed by atoms with Crippen LogP contribution in [0.3, 0.4) is 0 Å². The van der Waals surface area contributed by atoms with Crippen molar-refractivity contribution in [1.82, 2.24) is 14.1 Å². The Balaban J connectivity index is 2.67. The Morgan fingerprint density at radius 2 is 2.11 bits per heavy atom. The lowest BCUT2D eigenvalue weighted by molar-refractivity contribution is 0.578. The summed E-state index contributed by atoms with van der Waals surface area (Å²) < 4.78 is 29.0. The maximum absolute atomic E-state index is 12.3. The van der Waals surface area contributed by atoms with E-state index in [1.807, 2.05) is 43.5 Å². The Morgan fingerprint density at radius 3 is 2.74 bits per heavy atom. The standard InChI is InChI=1S/C13H19N3O2S/c1-4-8-14-19(17,18)13-12-10(3)7-6-9-16(12)11(5-2)15-13/h6-7,9,14H,4-5,8H2,1-3H3. The van der Waals surface area contributed by atoms with E-state index in [0.717, 1.165) is 17.8 Å². The number of nitrogens with one attached hydrogen (secondary N) is 1. The van der Waals surface area contributed by atoms with Gasteiger partial charge in [-0.15, -0.1) is 0 Å². The van der Waals surface area contributed by atoms with E-state index in [0.29, 0.717) is 18.5 Å². The fourth-order valence-electron chi connectivity index (χ4n) is 2.07. The Bertz CT molecular complexity index is 689. The number of nitrogens with zero attached hydrogens (tertiary/aromatic N) is 2. The summed E-state index contributed by atoms with van der Waals surface area (Å²) in [6.07, 6.45) is 3.30. The molecule has 0 spiro atoms. The van der Waals surface area contributed by atoms with Crippen LogP contribution in [0.15, 0.2) is 23.4 Å². The number of fused-ring (bicyclic) bond motifs is 1. The quantitative estimate of drug-likeness (QED) is 0.910. The molecule has 0 aromatic carbocycles. The van der Waals surface area contributed by atoms with Crippen LogP contribution >= 0.6 is 0 Å². The molecule has 2 aromatic heterocycles. The highest BCUT2D eigenvalue weighted by Crippen LogP contribution is 2.21. The lowest BCUT2D eigenvalue weighted by Crippen LogP contribution is -2.25. The zero-order chi connectivity index (χ0) is 14.0. The first-order valence-corrected chi connectivity index (χ1v) is 7.95. The molecule has 104 valence electrons. The fraction of sp³-hybridized carbons (Fsp3) is 0.462. The number of aromatic nitrogens is 2. The number of imidazole rings is 1. The highest BCUT2D eigenvalue weighted by Gasteiger charge is 2.23. The van der Waals surface area contributed by atoms with Crippen molar-refractivity contribution >= 4 is 15.5 Å². The van der Waals surface area contributed by atoms with Crippen molar-refractivity contribution in [3.63, 3.8) is 0 Å². The number of pyridine rings is 1. The zero-order valence-electron chi connectivity index (χ0n) is 11.5. The van der Waals surface area contributed by atoms with E-state index in [-0.39, 0.29) is 5.03 Å². The van der Waals surface area contributed by atoms with Crippen molar-refractivity contribution in [2.24, 2.45) is 0 Å². The molecule has 0 saturated heterocycles. The van der Waals surface area contributed by atoms with E-state index in [2.05, 4.69) is 9.71 Å². The van der Waals surface area contributed by atoms with Crippen molar-refractivity contribution in [1.29, 1.82) is 0 Å². The summed E-state index contributed by atoms with van der Waals surface area (Å²) in [5.41, 5.74) is 1.58. The summed E-state index contributed by atoms with van der Waals surface area (Å²) in [5, 5.41) is 0.135. The van der Waals surface area contributed by atoms with Gasteiger partial charge >= 0.3 is 0 Å². The summed E-state index contributed by atoms with van der Waals surface area (Å²) in [4.78, 5) is 4.31. The number of aryl methyl sites for hydroxylation is 2. The second kappa shape index (κ2) is 5.30. The average molecular weight is 281 g/mol. The van der Waals surface area contributed by atoms with Gasteiger partial charge in [0.15, 0.2) is 5.03 Å². The topological polar surface area (TPSA) is 63.5 Å². The Hall–Kier alpha value is -1.40. The van der Waals surface area contributed by atoms with Gasteiger partial charge in [-0.05, 0) is 25.0 Å². The van der Waals surface area contributed by atoms with Crippen LogP contribution in [0, 0.1) is 6.92 Å². The van der Waals surface area contributed by atoms with Crippen molar-refractivity contribution in [3.05, 3.63) is 29.7 Å². The van der Waals surface area contributed by atoms with Crippen LogP contribution in [-0.2, 0) is 16.4 Å². The molecule has 1 N–H and O–H groups in total. The molecule has 0 bridgehead atoms. The fourth-order valence-corrected chi connectivity index (χ4v) is 3.42. The van der Waals surface area contributed by atoms with Crippen molar-refractivity contribution in [2.75, 3.05) is 6.54 Å². The summed E-state index contributed by atoms with van der Waals surface area (Å²) in [7, 11) is -3.54. The molecule has 19 heavy (non-hydrogen) atoms. The average Bonchev–Trinajstić information content (AvgIpc) is 2.77. The SMILES string of the molecule is CCCNS(=O)(=O)c1nc(CC)n2cccc(C)c12. The van der Waals surface area contributed by atoms with Crippen LogP contribution < -0.4 is 4.72 Å². The van der Waals surface area contributed by atoms with Crippen molar-refractivity contribution in [2.45, 2.75) is 38.6 Å². The van der Waals surface area contributed by atoms with Crippen LogP contribution in [0.1, 0.15) is 31.7 Å². The summed E-state index contributed by atoms with van der Waals surface area (Å²) in [5.74, 6) is 0.760. The van der Waals surface area contributed by atoms with Crippen molar-refractivity contribution < 1.29 is 8.42 Å². The van der Waals surface area contributed by atoms with Gasteiger partial charge in [0, 0.05) is 19.2 Å². The molecule has 0 aliphatic carbocycles. The maximum atomic E-state index is 12.3.